The zero-order valence-electron chi connectivity index (χ0n) is 12.9. The van der Waals surface area contributed by atoms with Crippen LogP contribution in [0.4, 0.5) is 0 Å². The summed E-state index contributed by atoms with van der Waals surface area (Å²) in [6, 6.07) is 0. The number of halogens is 1. The van der Waals surface area contributed by atoms with Crippen LogP contribution < -0.4 is 17.0 Å². The zero-order chi connectivity index (χ0) is 13.2. The average molecular weight is 393 g/mol. The van der Waals surface area contributed by atoms with Crippen molar-refractivity contribution in [1.29, 1.82) is 0 Å². The molecule has 0 radical (unpaired) electrons. The van der Waals surface area contributed by atoms with Crippen molar-refractivity contribution in [3.05, 3.63) is 7.43 Å². The summed E-state index contributed by atoms with van der Waals surface area (Å²) in [7, 11) is -5.35. The predicted octanol–water partition coefficient (Wildman–Crippen LogP) is 0.252. The van der Waals surface area contributed by atoms with Gasteiger partial charge >= 0.3 is 30.6 Å². The van der Waals surface area contributed by atoms with Crippen LogP contribution in [0.15, 0.2) is 0 Å². The second-order valence-electron chi connectivity index (χ2n) is 3.12. The number of rotatable bonds is 6. The maximum Gasteiger partial charge on any atom is 2.00 e. The van der Waals surface area contributed by atoms with Crippen LogP contribution in [0.2, 0.25) is 0 Å². The van der Waals surface area contributed by atoms with Gasteiger partial charge in [-0.1, -0.05) is 13.8 Å². The molecule has 2 unspecified atom stereocenters. The van der Waals surface area contributed by atoms with Crippen molar-refractivity contribution in [3.63, 3.8) is 0 Å². The van der Waals surface area contributed by atoms with Crippen molar-refractivity contribution >= 4 is 38.0 Å². The molecule has 0 aromatic heterocycles. The largest absolute Gasteiger partial charge is 2.00 e. The molecule has 0 aliphatic carbocycles. The summed E-state index contributed by atoms with van der Waals surface area (Å²) >= 11 is 0. The van der Waals surface area contributed by atoms with E-state index in [1.807, 2.05) is 13.8 Å². The van der Waals surface area contributed by atoms with Crippen molar-refractivity contribution in [2.75, 3.05) is 32.2 Å². The molecule has 0 rings (SSSR count). The Morgan fingerprint density at radius 2 is 1.32 bits per heavy atom. The van der Waals surface area contributed by atoms with Crippen molar-refractivity contribution < 1.29 is 40.1 Å². The third kappa shape index (κ3) is 24.9. The Morgan fingerprint density at radius 1 is 0.947 bits per heavy atom. The molecule has 0 aromatic rings. The van der Waals surface area contributed by atoms with Crippen LogP contribution in [0.1, 0.15) is 27.7 Å². The van der Waals surface area contributed by atoms with Gasteiger partial charge in [0.25, 0.3) is 0 Å². The van der Waals surface area contributed by atoms with Crippen molar-refractivity contribution in [2.24, 2.45) is 0 Å². The summed E-state index contributed by atoms with van der Waals surface area (Å²) < 4.78 is 30.9. The van der Waals surface area contributed by atoms with E-state index < -0.39 is 15.0 Å². The third-order valence-electron chi connectivity index (χ3n) is 1.71. The van der Waals surface area contributed by atoms with Crippen LogP contribution >= 0.6 is 15.0 Å². The van der Waals surface area contributed by atoms with Gasteiger partial charge in [-0.15, -0.1) is 0 Å². The maximum atomic E-state index is 11.0. The van der Waals surface area contributed by atoms with E-state index in [-0.39, 0.29) is 53.6 Å². The Balaban J connectivity index is -0.0000000594. The minimum absolute atomic E-state index is 0. The molecule has 0 saturated heterocycles. The van der Waals surface area contributed by atoms with E-state index >= 15 is 0 Å². The van der Waals surface area contributed by atoms with Gasteiger partial charge < -0.3 is 38.3 Å². The van der Waals surface area contributed by atoms with E-state index in [2.05, 4.69) is 4.52 Å². The normalized spacial score (nSPS) is 15.1. The monoisotopic (exact) mass is 392 g/mol. The quantitative estimate of drug-likeness (QED) is 0.398. The van der Waals surface area contributed by atoms with Crippen LogP contribution in [0.5, 0.6) is 0 Å². The Kier molecular flexibility index (Phi) is 30.2. The molecule has 116 valence electrons. The molecule has 0 heterocycles. The van der Waals surface area contributed by atoms with E-state index in [0.717, 1.165) is 0 Å². The standard InChI is InChI=1S/C5H13O2P.C4H11O3P.CH3.BrH.Mg/c1-4-7-8(3,6)5-2;1-3-7-8(5,6)4-2;;;/h4-5H2,1-3H3;3-4H2,1-2H3,(H,5,6);1H3;1H;/q;;-1;;+2/p-1. The summed E-state index contributed by atoms with van der Waals surface area (Å²) in [5, 5.41) is 0. The first-order valence-electron chi connectivity index (χ1n) is 5.42. The Morgan fingerprint density at radius 3 is 1.42 bits per heavy atom. The number of hydrogen-bond acceptors (Lipinski definition) is 4. The number of hydrogen-bond donors (Lipinski definition) is 1. The Labute approximate surface area is 145 Å². The van der Waals surface area contributed by atoms with E-state index in [1.54, 1.807) is 20.5 Å². The van der Waals surface area contributed by atoms with Gasteiger partial charge in [0, 0.05) is 19.0 Å². The molecule has 1 N–H and O–H groups in total. The summed E-state index contributed by atoms with van der Waals surface area (Å²) in [5.41, 5.74) is 0. The minimum Gasteiger partial charge on any atom is -1.00 e. The van der Waals surface area contributed by atoms with E-state index in [9.17, 15) is 9.13 Å². The SMILES string of the molecule is CCOP(=O)(O)CC.CCOP(C)(=O)CC.[Br-].[CH3-].[Mg+2]. The van der Waals surface area contributed by atoms with Gasteiger partial charge in [-0.25, -0.2) is 0 Å². The van der Waals surface area contributed by atoms with Gasteiger partial charge in [-0.3, -0.25) is 9.13 Å². The molecule has 0 bridgehead atoms. The van der Waals surface area contributed by atoms with Crippen LogP contribution in [0.25, 0.3) is 0 Å². The molecule has 0 saturated carbocycles. The summed E-state index contributed by atoms with van der Waals surface area (Å²) in [5.74, 6) is 0. The second kappa shape index (κ2) is 17.6. The summed E-state index contributed by atoms with van der Waals surface area (Å²) in [6.45, 7) is 9.57. The predicted molar refractivity (Wildman–Crippen MR) is 79.9 cm³/mol. The van der Waals surface area contributed by atoms with Gasteiger partial charge in [-0.05, 0) is 13.8 Å². The van der Waals surface area contributed by atoms with Crippen molar-refractivity contribution in [3.8, 4) is 0 Å². The molecule has 0 spiro atoms. The molecular weight excluding hydrogens is 366 g/mol. The average Bonchev–Trinajstić information content (AvgIpc) is 2.19. The summed E-state index contributed by atoms with van der Waals surface area (Å²) in [6.07, 6.45) is 0.835. The molecule has 0 aromatic carbocycles. The first kappa shape index (κ1) is 32.5. The fourth-order valence-electron chi connectivity index (χ4n) is 0.657. The summed E-state index contributed by atoms with van der Waals surface area (Å²) in [4.78, 5) is 8.66. The van der Waals surface area contributed by atoms with Crippen molar-refractivity contribution in [1.82, 2.24) is 0 Å². The molecule has 0 aliphatic rings. The molecule has 0 fully saturated rings. The van der Waals surface area contributed by atoms with Crippen LogP contribution in [0.3, 0.4) is 0 Å². The molecule has 2 atom stereocenters. The molecule has 0 aliphatic heterocycles. The van der Waals surface area contributed by atoms with Gasteiger partial charge in [0.2, 0.25) is 0 Å². The van der Waals surface area contributed by atoms with Crippen LogP contribution in [-0.2, 0) is 18.2 Å². The maximum absolute atomic E-state index is 11.0. The van der Waals surface area contributed by atoms with Gasteiger partial charge in [0.1, 0.15) is 0 Å². The van der Waals surface area contributed by atoms with E-state index in [4.69, 9.17) is 9.42 Å². The fraction of sp³-hybridized carbons (Fsp3) is 0.900. The molecule has 0 amide bonds. The zero-order valence-corrected chi connectivity index (χ0v) is 17.7. The third-order valence-corrected chi connectivity index (χ3v) is 5.12. The molecule has 19 heavy (non-hydrogen) atoms. The van der Waals surface area contributed by atoms with Gasteiger partial charge in [0.05, 0.1) is 13.2 Å². The fourth-order valence-corrected chi connectivity index (χ4v) is 1.97. The molecular formula is C10H27BrMgO5P2. The Hall–Kier alpha value is 1.59. The van der Waals surface area contributed by atoms with E-state index in [0.29, 0.717) is 19.4 Å². The topological polar surface area (TPSA) is 72.8 Å². The van der Waals surface area contributed by atoms with Crippen LogP contribution in [0, 0.1) is 7.43 Å². The Bertz CT molecular complexity index is 240. The molecule has 5 nitrogen and oxygen atoms in total. The van der Waals surface area contributed by atoms with Crippen LogP contribution in [-0.4, -0.2) is 60.1 Å². The second-order valence-corrected chi connectivity index (χ2v) is 8.20. The first-order valence-corrected chi connectivity index (χ1v) is 9.44. The first-order chi connectivity index (χ1) is 7.24. The smallest absolute Gasteiger partial charge is 1.00 e. The minimum atomic E-state index is -3.17. The van der Waals surface area contributed by atoms with Gasteiger partial charge in [0.15, 0.2) is 7.37 Å². The van der Waals surface area contributed by atoms with Crippen molar-refractivity contribution in [2.45, 2.75) is 27.7 Å². The molecule has 9 heteroatoms. The van der Waals surface area contributed by atoms with Gasteiger partial charge in [-0.2, -0.15) is 0 Å². The van der Waals surface area contributed by atoms with E-state index in [1.165, 1.54) is 0 Å².